The molecule has 3 heterocycles. The number of rotatable bonds is 3. The van der Waals surface area contributed by atoms with Crippen LogP contribution in [0.3, 0.4) is 0 Å². The number of ether oxygens (including phenoxy) is 1. The molecule has 3 aromatic heterocycles. The van der Waals surface area contributed by atoms with E-state index in [0.717, 1.165) is 10.2 Å². The van der Waals surface area contributed by atoms with Crippen molar-refractivity contribution >= 4 is 33.2 Å². The number of nitrogens with zero attached hydrogens (tertiary/aromatic N) is 4. The summed E-state index contributed by atoms with van der Waals surface area (Å²) in [4.78, 5) is 9.60. The van der Waals surface area contributed by atoms with Gasteiger partial charge in [-0.3, -0.25) is 4.68 Å². The van der Waals surface area contributed by atoms with Gasteiger partial charge in [0.25, 0.3) is 0 Å². The van der Waals surface area contributed by atoms with Gasteiger partial charge >= 0.3 is 0 Å². The molecule has 0 aliphatic carbocycles. The van der Waals surface area contributed by atoms with E-state index in [9.17, 15) is 0 Å². The number of methoxy groups -OCH3 is 1. The predicted molar refractivity (Wildman–Crippen MR) is 70.3 cm³/mol. The summed E-state index contributed by atoms with van der Waals surface area (Å²) < 4.78 is 6.78. The average molecular weight is 281 g/mol. The minimum Gasteiger partial charge on any atom is -0.493 e. The molecular weight excluding hydrogens is 272 g/mol. The molecule has 0 atom stereocenters. The van der Waals surface area contributed by atoms with E-state index in [1.54, 1.807) is 35.5 Å². The summed E-state index contributed by atoms with van der Waals surface area (Å²) in [6, 6.07) is 1.92. The van der Waals surface area contributed by atoms with Gasteiger partial charge in [-0.1, -0.05) is 11.6 Å². The van der Waals surface area contributed by atoms with Crippen LogP contribution < -0.4 is 4.74 Å². The highest BCUT2D eigenvalue weighted by molar-refractivity contribution is 7.16. The van der Waals surface area contributed by atoms with Crippen LogP contribution in [0.4, 0.5) is 0 Å². The monoisotopic (exact) mass is 280 g/mol. The lowest BCUT2D eigenvalue weighted by atomic mass is 10.4. The van der Waals surface area contributed by atoms with Crippen LogP contribution in [0.15, 0.2) is 23.8 Å². The molecule has 0 radical (unpaired) electrons. The average Bonchev–Trinajstić information content (AvgIpc) is 2.97. The molecule has 7 heteroatoms. The molecule has 0 bridgehead atoms. The first kappa shape index (κ1) is 11.4. The molecule has 0 spiro atoms. The lowest BCUT2D eigenvalue weighted by molar-refractivity contribution is 0.414. The molecule has 5 nitrogen and oxygen atoms in total. The fourth-order valence-corrected chi connectivity index (χ4v) is 2.70. The summed E-state index contributed by atoms with van der Waals surface area (Å²) in [6.07, 6.45) is 3.43. The van der Waals surface area contributed by atoms with Crippen molar-refractivity contribution in [2.24, 2.45) is 0 Å². The molecule has 3 aromatic rings. The molecule has 0 aromatic carbocycles. The Morgan fingerprint density at radius 3 is 3.11 bits per heavy atom. The van der Waals surface area contributed by atoms with Crippen molar-refractivity contribution in [3.8, 4) is 5.75 Å². The van der Waals surface area contributed by atoms with Crippen molar-refractivity contribution in [2.45, 2.75) is 6.54 Å². The van der Waals surface area contributed by atoms with Crippen molar-refractivity contribution in [3.63, 3.8) is 0 Å². The quantitative estimate of drug-likeness (QED) is 0.692. The molecule has 0 saturated heterocycles. The van der Waals surface area contributed by atoms with Gasteiger partial charge < -0.3 is 4.74 Å². The second-order valence-electron chi connectivity index (χ2n) is 3.65. The second-order valence-corrected chi connectivity index (χ2v) is 4.90. The topological polar surface area (TPSA) is 52.8 Å². The van der Waals surface area contributed by atoms with Gasteiger partial charge in [0.2, 0.25) is 0 Å². The third kappa shape index (κ3) is 2.04. The molecule has 0 N–H and O–H groups in total. The number of hydrogen-bond acceptors (Lipinski definition) is 5. The largest absolute Gasteiger partial charge is 0.493 e. The predicted octanol–water partition coefficient (Wildman–Crippen LogP) is 2.60. The maximum Gasteiger partial charge on any atom is 0.156 e. The number of aromatic nitrogens is 4. The summed E-state index contributed by atoms with van der Waals surface area (Å²) in [5.41, 5.74) is 0. The van der Waals surface area contributed by atoms with Crippen LogP contribution >= 0.6 is 22.9 Å². The maximum absolute atomic E-state index is 6.10. The van der Waals surface area contributed by atoms with Crippen LogP contribution in [0, 0.1) is 0 Å². The van der Waals surface area contributed by atoms with E-state index in [1.807, 2.05) is 11.4 Å². The maximum atomic E-state index is 6.10. The Kier molecular flexibility index (Phi) is 2.89. The molecule has 0 saturated carbocycles. The summed E-state index contributed by atoms with van der Waals surface area (Å²) in [6.45, 7) is 0.469. The standard InChI is InChI=1S/C11H9ClN4OS/c1-17-7-4-13-16(5-7)6-9-14-10(12)8-2-3-18-11(8)15-9/h2-5H,6H2,1H3. The second kappa shape index (κ2) is 4.55. The Labute approximate surface area is 112 Å². The minimum absolute atomic E-state index is 0.469. The van der Waals surface area contributed by atoms with Crippen LogP contribution in [-0.4, -0.2) is 26.9 Å². The van der Waals surface area contributed by atoms with Crippen LogP contribution in [-0.2, 0) is 6.54 Å². The summed E-state index contributed by atoms with van der Waals surface area (Å²) in [5.74, 6) is 1.35. The summed E-state index contributed by atoms with van der Waals surface area (Å²) >= 11 is 7.65. The first-order valence-corrected chi connectivity index (χ1v) is 6.48. The normalized spacial score (nSPS) is 11.0. The fraction of sp³-hybridized carbons (Fsp3) is 0.182. The number of hydrogen-bond donors (Lipinski definition) is 0. The van der Waals surface area contributed by atoms with Gasteiger partial charge in [-0.05, 0) is 11.4 Å². The third-order valence-electron chi connectivity index (χ3n) is 2.47. The van der Waals surface area contributed by atoms with E-state index >= 15 is 0 Å². The number of thiophene rings is 1. The lowest BCUT2D eigenvalue weighted by Gasteiger charge is -2.01. The Bertz CT molecular complexity index is 693. The van der Waals surface area contributed by atoms with Gasteiger partial charge in [-0.15, -0.1) is 11.3 Å². The van der Waals surface area contributed by atoms with Gasteiger partial charge in [-0.25, -0.2) is 9.97 Å². The van der Waals surface area contributed by atoms with Gasteiger partial charge in [0.05, 0.1) is 19.5 Å². The lowest BCUT2D eigenvalue weighted by Crippen LogP contribution is -2.04. The van der Waals surface area contributed by atoms with Crippen molar-refractivity contribution in [2.75, 3.05) is 7.11 Å². The van der Waals surface area contributed by atoms with Crippen molar-refractivity contribution in [1.82, 2.24) is 19.7 Å². The Morgan fingerprint density at radius 2 is 2.33 bits per heavy atom. The molecule has 92 valence electrons. The summed E-state index contributed by atoms with van der Waals surface area (Å²) in [7, 11) is 1.60. The van der Waals surface area contributed by atoms with Gasteiger partial charge in [0.1, 0.15) is 16.5 Å². The van der Waals surface area contributed by atoms with Crippen LogP contribution in [0.25, 0.3) is 10.2 Å². The van der Waals surface area contributed by atoms with E-state index in [1.165, 1.54) is 0 Å². The Hall–Kier alpha value is -1.66. The van der Waals surface area contributed by atoms with Crippen LogP contribution in [0.2, 0.25) is 5.15 Å². The van der Waals surface area contributed by atoms with E-state index in [4.69, 9.17) is 16.3 Å². The molecule has 0 fully saturated rings. The number of halogens is 1. The Morgan fingerprint density at radius 1 is 1.44 bits per heavy atom. The zero-order valence-corrected chi connectivity index (χ0v) is 11.1. The SMILES string of the molecule is COc1cnn(Cc2nc(Cl)c3ccsc3n2)c1. The first-order chi connectivity index (χ1) is 8.76. The Balaban J connectivity index is 1.94. The molecule has 3 rings (SSSR count). The molecule has 0 aliphatic rings. The highest BCUT2D eigenvalue weighted by Gasteiger charge is 2.08. The molecule has 0 unspecified atom stereocenters. The summed E-state index contributed by atoms with van der Waals surface area (Å²) in [5, 5.41) is 7.48. The smallest absolute Gasteiger partial charge is 0.156 e. The van der Waals surface area contributed by atoms with E-state index in [2.05, 4.69) is 15.1 Å². The minimum atomic E-state index is 0.469. The van der Waals surface area contributed by atoms with E-state index in [-0.39, 0.29) is 0 Å². The van der Waals surface area contributed by atoms with Crippen molar-refractivity contribution in [1.29, 1.82) is 0 Å². The van der Waals surface area contributed by atoms with Gasteiger partial charge in [-0.2, -0.15) is 5.10 Å². The highest BCUT2D eigenvalue weighted by Crippen LogP contribution is 2.24. The van der Waals surface area contributed by atoms with Crippen LogP contribution in [0.5, 0.6) is 5.75 Å². The highest BCUT2D eigenvalue weighted by atomic mass is 35.5. The van der Waals surface area contributed by atoms with E-state index < -0.39 is 0 Å². The molecule has 0 amide bonds. The number of fused-ring (bicyclic) bond motifs is 1. The zero-order chi connectivity index (χ0) is 12.5. The van der Waals surface area contributed by atoms with Crippen molar-refractivity contribution < 1.29 is 4.74 Å². The van der Waals surface area contributed by atoms with Gasteiger partial charge in [0, 0.05) is 5.39 Å². The van der Waals surface area contributed by atoms with E-state index in [0.29, 0.717) is 23.3 Å². The molecule has 18 heavy (non-hydrogen) atoms. The van der Waals surface area contributed by atoms with Crippen molar-refractivity contribution in [3.05, 3.63) is 34.8 Å². The fourth-order valence-electron chi connectivity index (χ4n) is 1.61. The molecular formula is C11H9ClN4OS. The molecule has 0 aliphatic heterocycles. The first-order valence-electron chi connectivity index (χ1n) is 5.22. The van der Waals surface area contributed by atoms with Crippen LogP contribution in [0.1, 0.15) is 5.82 Å². The zero-order valence-electron chi connectivity index (χ0n) is 9.50. The third-order valence-corrected chi connectivity index (χ3v) is 3.57. The van der Waals surface area contributed by atoms with Gasteiger partial charge in [0.15, 0.2) is 11.6 Å².